The molecule has 0 aliphatic carbocycles. The Labute approximate surface area is 119 Å². The molecule has 116 valence electrons. The summed E-state index contributed by atoms with van der Waals surface area (Å²) < 4.78 is 75.4. The van der Waals surface area contributed by atoms with E-state index in [9.17, 15) is 31.1 Å². The van der Waals surface area contributed by atoms with Gasteiger partial charge in [-0.2, -0.15) is 31.3 Å². The maximum absolute atomic E-state index is 12.6. The molecule has 10 heteroatoms. The number of hydrogen-bond acceptors (Lipinski definition) is 1. The molecule has 0 heterocycles. The molecular formula is C11H7ClF6N2O. The first kappa shape index (κ1) is 17.3. The van der Waals surface area contributed by atoms with Gasteiger partial charge in [-0.05, 0) is 18.2 Å². The molecule has 0 bridgehead atoms. The molecule has 0 saturated carbocycles. The number of nitrogens with two attached hydrogens (primary N) is 1. The van der Waals surface area contributed by atoms with E-state index >= 15 is 0 Å². The zero-order chi connectivity index (χ0) is 16.4. The van der Waals surface area contributed by atoms with E-state index in [1.807, 2.05) is 0 Å². The van der Waals surface area contributed by atoms with Crippen LogP contribution >= 0.6 is 11.6 Å². The second-order valence-corrected chi connectivity index (χ2v) is 4.10. The van der Waals surface area contributed by atoms with Crippen LogP contribution in [0.25, 0.3) is 0 Å². The fraction of sp³-hybridized carbons (Fsp3) is 0.273. The van der Waals surface area contributed by atoms with Crippen molar-refractivity contribution in [2.45, 2.75) is 12.4 Å². The molecule has 1 aromatic carbocycles. The average Bonchev–Trinajstić information content (AvgIpc) is 2.35. The van der Waals surface area contributed by atoms with Gasteiger partial charge in [0.1, 0.15) is 5.84 Å². The fourth-order valence-corrected chi connectivity index (χ4v) is 1.36. The van der Waals surface area contributed by atoms with Gasteiger partial charge in [0.2, 0.25) is 0 Å². The van der Waals surface area contributed by atoms with Crippen LogP contribution in [0.1, 0.15) is 21.5 Å². The van der Waals surface area contributed by atoms with Gasteiger partial charge >= 0.3 is 12.4 Å². The van der Waals surface area contributed by atoms with Crippen LogP contribution < -0.4 is 5.73 Å². The zero-order valence-corrected chi connectivity index (χ0v) is 10.8. The molecule has 3 nitrogen and oxygen atoms in total. The van der Waals surface area contributed by atoms with Crippen LogP contribution in [0.3, 0.4) is 0 Å². The van der Waals surface area contributed by atoms with Gasteiger partial charge < -0.3 is 5.73 Å². The SMILES string of the molecule is NC(CCl)=NC(=O)c1cc(C(F)(F)F)cc(C(F)(F)F)c1. The Morgan fingerprint density at radius 3 is 1.81 bits per heavy atom. The minimum Gasteiger partial charge on any atom is -0.386 e. The van der Waals surface area contributed by atoms with E-state index in [4.69, 9.17) is 17.3 Å². The third kappa shape index (κ3) is 4.62. The van der Waals surface area contributed by atoms with Crippen LogP contribution in [-0.2, 0) is 12.4 Å². The van der Waals surface area contributed by atoms with E-state index < -0.39 is 46.7 Å². The second-order valence-electron chi connectivity index (χ2n) is 3.84. The quantitative estimate of drug-likeness (QED) is 0.390. The van der Waals surface area contributed by atoms with E-state index in [2.05, 4.69) is 4.99 Å². The van der Waals surface area contributed by atoms with Crippen molar-refractivity contribution in [2.75, 3.05) is 5.88 Å². The van der Waals surface area contributed by atoms with Gasteiger partial charge in [-0.25, -0.2) is 0 Å². The third-order valence-electron chi connectivity index (χ3n) is 2.22. The number of aliphatic imine (C=N–C) groups is 1. The molecule has 1 aromatic rings. The molecule has 0 unspecified atom stereocenters. The molecule has 1 rings (SSSR count). The summed E-state index contributed by atoms with van der Waals surface area (Å²) in [5.41, 5.74) is 1.01. The monoisotopic (exact) mass is 332 g/mol. The van der Waals surface area contributed by atoms with Crippen molar-refractivity contribution in [3.8, 4) is 0 Å². The van der Waals surface area contributed by atoms with Crippen molar-refractivity contribution in [1.29, 1.82) is 0 Å². The highest BCUT2D eigenvalue weighted by molar-refractivity contribution is 6.29. The maximum atomic E-state index is 12.6. The predicted octanol–water partition coefficient (Wildman–Crippen LogP) is 3.46. The summed E-state index contributed by atoms with van der Waals surface area (Å²) in [5, 5.41) is 0. The number of amides is 1. The second kappa shape index (κ2) is 5.92. The molecule has 0 aromatic heterocycles. The molecule has 0 fully saturated rings. The lowest BCUT2D eigenvalue weighted by Crippen LogP contribution is -2.17. The zero-order valence-electron chi connectivity index (χ0n) is 10.0. The Morgan fingerprint density at radius 2 is 1.48 bits per heavy atom. The van der Waals surface area contributed by atoms with Crippen LogP contribution in [0.5, 0.6) is 0 Å². The molecule has 1 amide bonds. The number of nitrogens with zero attached hydrogens (tertiary/aromatic N) is 1. The van der Waals surface area contributed by atoms with E-state index in [0.29, 0.717) is 0 Å². The summed E-state index contributed by atoms with van der Waals surface area (Å²) in [4.78, 5) is 14.6. The lowest BCUT2D eigenvalue weighted by atomic mass is 10.0. The molecule has 0 radical (unpaired) electrons. The summed E-state index contributed by atoms with van der Waals surface area (Å²) in [7, 11) is 0. The average molecular weight is 333 g/mol. The number of halogens is 7. The van der Waals surface area contributed by atoms with Gasteiger partial charge in [0.15, 0.2) is 0 Å². The summed E-state index contributed by atoms with van der Waals surface area (Å²) in [6, 6.07) is 0.441. The summed E-state index contributed by atoms with van der Waals surface area (Å²) in [6.07, 6.45) is -10.1. The van der Waals surface area contributed by atoms with Crippen molar-refractivity contribution in [2.24, 2.45) is 10.7 Å². The first-order chi connectivity index (χ1) is 9.45. The van der Waals surface area contributed by atoms with Crippen LogP contribution in [-0.4, -0.2) is 17.6 Å². The number of rotatable bonds is 2. The van der Waals surface area contributed by atoms with Gasteiger partial charge in [0, 0.05) is 5.56 Å². The van der Waals surface area contributed by atoms with Crippen molar-refractivity contribution < 1.29 is 31.1 Å². The Morgan fingerprint density at radius 1 is 1.05 bits per heavy atom. The van der Waals surface area contributed by atoms with Gasteiger partial charge in [0.05, 0.1) is 17.0 Å². The topological polar surface area (TPSA) is 55.4 Å². The Balaban J connectivity index is 3.43. The van der Waals surface area contributed by atoms with Gasteiger partial charge in [-0.1, -0.05) is 0 Å². The summed E-state index contributed by atoms with van der Waals surface area (Å²) in [6.45, 7) is 0. The maximum Gasteiger partial charge on any atom is 0.416 e. The molecule has 0 aliphatic rings. The molecule has 2 N–H and O–H groups in total. The smallest absolute Gasteiger partial charge is 0.386 e. The highest BCUT2D eigenvalue weighted by Crippen LogP contribution is 2.36. The van der Waals surface area contributed by atoms with Gasteiger partial charge in [-0.15, -0.1) is 11.6 Å². The van der Waals surface area contributed by atoms with Crippen molar-refractivity contribution >= 4 is 23.3 Å². The number of carbonyl (C=O) groups excluding carboxylic acids is 1. The number of carbonyl (C=O) groups is 1. The fourth-order valence-electron chi connectivity index (χ4n) is 1.30. The highest BCUT2D eigenvalue weighted by atomic mass is 35.5. The van der Waals surface area contributed by atoms with Gasteiger partial charge in [0.25, 0.3) is 5.91 Å². The lowest BCUT2D eigenvalue weighted by Gasteiger charge is -2.13. The van der Waals surface area contributed by atoms with E-state index in [-0.39, 0.29) is 18.2 Å². The van der Waals surface area contributed by atoms with Crippen molar-refractivity contribution in [3.05, 3.63) is 34.9 Å². The van der Waals surface area contributed by atoms with Crippen molar-refractivity contribution in [3.63, 3.8) is 0 Å². The Kier molecular flexibility index (Phi) is 4.87. The minimum absolute atomic E-state index is 0.0919. The van der Waals surface area contributed by atoms with Crippen LogP contribution in [0.2, 0.25) is 0 Å². The standard InChI is InChI=1S/C11H7ClF6N2O/c12-4-8(19)20-9(21)5-1-6(10(13,14)15)3-7(2-5)11(16,17)18/h1-3H,4H2,(H2,19,20,21). The third-order valence-corrected chi connectivity index (χ3v) is 2.49. The largest absolute Gasteiger partial charge is 0.416 e. The summed E-state index contributed by atoms with van der Waals surface area (Å²) >= 11 is 5.22. The number of benzene rings is 1. The number of amidine groups is 1. The first-order valence-electron chi connectivity index (χ1n) is 5.18. The van der Waals surface area contributed by atoms with Crippen molar-refractivity contribution in [1.82, 2.24) is 0 Å². The summed E-state index contributed by atoms with van der Waals surface area (Å²) in [5.74, 6) is -2.16. The van der Waals surface area contributed by atoms with E-state index in [1.54, 1.807) is 0 Å². The molecule has 21 heavy (non-hydrogen) atoms. The lowest BCUT2D eigenvalue weighted by molar-refractivity contribution is -0.143. The molecule has 0 saturated heterocycles. The predicted molar refractivity (Wildman–Crippen MR) is 63.1 cm³/mol. The first-order valence-corrected chi connectivity index (χ1v) is 5.71. The normalized spacial score (nSPS) is 13.4. The van der Waals surface area contributed by atoms with Crippen LogP contribution in [0, 0.1) is 0 Å². The molecular weight excluding hydrogens is 326 g/mol. The van der Waals surface area contributed by atoms with E-state index in [0.717, 1.165) is 0 Å². The highest BCUT2D eigenvalue weighted by Gasteiger charge is 2.37. The molecule has 0 spiro atoms. The van der Waals surface area contributed by atoms with E-state index in [1.165, 1.54) is 0 Å². The van der Waals surface area contributed by atoms with Gasteiger partial charge in [-0.3, -0.25) is 4.79 Å². The number of hydrogen-bond donors (Lipinski definition) is 1. The Bertz CT molecular complexity index is 547. The minimum atomic E-state index is -5.04. The van der Waals surface area contributed by atoms with Crippen LogP contribution in [0.15, 0.2) is 23.2 Å². The van der Waals surface area contributed by atoms with Crippen LogP contribution in [0.4, 0.5) is 26.3 Å². The molecule has 0 aliphatic heterocycles. The number of alkyl halides is 7. The Hall–Kier alpha value is -1.77. The molecule has 0 atom stereocenters.